The summed E-state index contributed by atoms with van der Waals surface area (Å²) in [5.74, 6) is -1.94. The molecule has 0 spiro atoms. The van der Waals surface area contributed by atoms with Crippen LogP contribution in [0.4, 0.5) is 5.00 Å². The summed E-state index contributed by atoms with van der Waals surface area (Å²) in [5.41, 5.74) is 1.66. The van der Waals surface area contributed by atoms with Crippen molar-refractivity contribution < 1.29 is 24.2 Å². The van der Waals surface area contributed by atoms with Gasteiger partial charge in [0.1, 0.15) is 5.00 Å². The molecule has 3 aliphatic rings. The normalized spacial score (nSPS) is 29.5. The first-order valence-electron chi connectivity index (χ1n) is 11.5. The highest BCUT2D eigenvalue weighted by molar-refractivity contribution is 7.17. The lowest BCUT2D eigenvalue weighted by molar-refractivity contribution is -0.148. The number of thiophene rings is 1. The van der Waals surface area contributed by atoms with Crippen LogP contribution in [-0.4, -0.2) is 29.6 Å². The van der Waals surface area contributed by atoms with Crippen molar-refractivity contribution in [2.75, 3.05) is 11.9 Å². The fourth-order valence-corrected chi connectivity index (χ4v) is 7.37. The number of rotatable bonds is 5. The number of hydrogen-bond donors (Lipinski definition) is 2. The third kappa shape index (κ3) is 4.01. The highest BCUT2D eigenvalue weighted by atomic mass is 32.1. The largest absolute Gasteiger partial charge is 0.481 e. The fraction of sp³-hybridized carbons (Fsp3) is 0.708. The van der Waals surface area contributed by atoms with Crippen LogP contribution in [-0.2, 0) is 27.2 Å². The maximum atomic E-state index is 13.3. The Balaban J connectivity index is 1.63. The predicted octanol–water partition coefficient (Wildman–Crippen LogP) is 4.76. The van der Waals surface area contributed by atoms with E-state index >= 15 is 0 Å². The molecule has 7 heteroatoms. The molecule has 6 nitrogen and oxygen atoms in total. The van der Waals surface area contributed by atoms with Crippen LogP contribution in [0.15, 0.2) is 0 Å². The van der Waals surface area contributed by atoms with E-state index in [2.05, 4.69) is 26.1 Å². The Kier molecular flexibility index (Phi) is 5.92. The molecule has 0 radical (unpaired) electrons. The number of carbonyl (C=O) groups is 3. The third-order valence-electron chi connectivity index (χ3n) is 7.71. The standard InChI is InChI=1S/C24H33NO5S/c1-5-30-23(29)19-15-9-8-14(24(2,3)4)11-16(15)31-21(19)25-20(26)17-12-6-7-13(10-12)18(17)22(27)28/h12-14,17-18H,5-11H2,1-4H3,(H,25,26)(H,27,28)/t12-,13-,14-,17+,18+/m1/s1. The second-order valence-electron chi connectivity index (χ2n) is 10.4. The molecule has 3 aliphatic carbocycles. The molecule has 1 aromatic rings. The first kappa shape index (κ1) is 22.3. The molecule has 1 aromatic heterocycles. The quantitative estimate of drug-likeness (QED) is 0.635. The van der Waals surface area contributed by atoms with Crippen LogP contribution in [0.3, 0.4) is 0 Å². The molecule has 4 rings (SSSR count). The Hall–Kier alpha value is -1.89. The highest BCUT2D eigenvalue weighted by Gasteiger charge is 2.54. The molecular weight excluding hydrogens is 414 g/mol. The van der Waals surface area contributed by atoms with Crippen molar-refractivity contribution in [3.8, 4) is 0 Å². The van der Waals surface area contributed by atoms with E-state index in [-0.39, 0.29) is 29.8 Å². The fourth-order valence-electron chi connectivity index (χ4n) is 6.05. The van der Waals surface area contributed by atoms with Crippen LogP contribution >= 0.6 is 11.3 Å². The number of amides is 1. The molecule has 0 saturated heterocycles. The molecule has 0 unspecified atom stereocenters. The van der Waals surface area contributed by atoms with Crippen LogP contribution in [0, 0.1) is 35.0 Å². The van der Waals surface area contributed by atoms with Crippen molar-refractivity contribution in [1.29, 1.82) is 0 Å². The van der Waals surface area contributed by atoms with Crippen molar-refractivity contribution in [3.05, 3.63) is 16.0 Å². The molecule has 31 heavy (non-hydrogen) atoms. The van der Waals surface area contributed by atoms with Gasteiger partial charge >= 0.3 is 11.9 Å². The monoisotopic (exact) mass is 447 g/mol. The van der Waals surface area contributed by atoms with E-state index in [1.165, 1.54) is 11.3 Å². The molecule has 2 saturated carbocycles. The molecule has 0 aromatic carbocycles. The second-order valence-corrected chi connectivity index (χ2v) is 11.6. The van der Waals surface area contributed by atoms with Gasteiger partial charge in [0.05, 0.1) is 24.0 Å². The molecule has 2 fully saturated rings. The SMILES string of the molecule is CCOC(=O)c1c(NC(=O)[C@H]2[C@@H]3CC[C@H](C3)[C@@H]2C(=O)O)sc2c1CC[C@@H](C(C)(C)C)C2. The van der Waals surface area contributed by atoms with Gasteiger partial charge in [-0.05, 0) is 74.2 Å². The molecule has 0 aliphatic heterocycles. The second kappa shape index (κ2) is 8.23. The smallest absolute Gasteiger partial charge is 0.341 e. The van der Waals surface area contributed by atoms with Crippen LogP contribution in [0.2, 0.25) is 0 Å². The first-order valence-corrected chi connectivity index (χ1v) is 12.3. The van der Waals surface area contributed by atoms with E-state index in [1.54, 1.807) is 6.92 Å². The van der Waals surface area contributed by atoms with Gasteiger partial charge < -0.3 is 15.2 Å². The lowest BCUT2D eigenvalue weighted by atomic mass is 9.72. The van der Waals surface area contributed by atoms with E-state index in [0.29, 0.717) is 16.5 Å². The van der Waals surface area contributed by atoms with Gasteiger partial charge in [0.2, 0.25) is 5.91 Å². The summed E-state index contributed by atoms with van der Waals surface area (Å²) in [6.45, 7) is 8.78. The zero-order chi connectivity index (χ0) is 22.5. The predicted molar refractivity (Wildman–Crippen MR) is 119 cm³/mol. The number of carboxylic acids is 1. The average Bonchev–Trinajstić information content (AvgIpc) is 3.38. The molecule has 1 heterocycles. The molecule has 1 amide bonds. The number of hydrogen-bond acceptors (Lipinski definition) is 5. The molecule has 2 N–H and O–H groups in total. The summed E-state index contributed by atoms with van der Waals surface area (Å²) >= 11 is 1.47. The van der Waals surface area contributed by atoms with Gasteiger partial charge in [-0.1, -0.05) is 20.8 Å². The van der Waals surface area contributed by atoms with Crippen molar-refractivity contribution >= 4 is 34.2 Å². The number of nitrogens with one attached hydrogen (secondary N) is 1. The van der Waals surface area contributed by atoms with Crippen LogP contribution in [0.1, 0.15) is 74.2 Å². The summed E-state index contributed by atoms with van der Waals surface area (Å²) in [6.07, 6.45) is 5.29. The summed E-state index contributed by atoms with van der Waals surface area (Å²) in [7, 11) is 0. The van der Waals surface area contributed by atoms with Gasteiger partial charge in [-0.25, -0.2) is 4.79 Å². The molecular formula is C24H33NO5S. The van der Waals surface area contributed by atoms with E-state index in [9.17, 15) is 19.5 Å². The van der Waals surface area contributed by atoms with Crippen molar-refractivity contribution in [3.63, 3.8) is 0 Å². The Bertz CT molecular complexity index is 899. The molecule has 2 bridgehead atoms. The van der Waals surface area contributed by atoms with Gasteiger partial charge in [-0.2, -0.15) is 0 Å². The maximum absolute atomic E-state index is 13.3. The molecule has 5 atom stereocenters. The van der Waals surface area contributed by atoms with E-state index in [4.69, 9.17) is 4.74 Å². The Morgan fingerprint density at radius 3 is 2.42 bits per heavy atom. The van der Waals surface area contributed by atoms with Gasteiger partial charge in [-0.3, -0.25) is 9.59 Å². The van der Waals surface area contributed by atoms with Crippen LogP contribution in [0.25, 0.3) is 0 Å². The van der Waals surface area contributed by atoms with E-state index in [0.717, 1.165) is 49.0 Å². The minimum atomic E-state index is -0.878. The van der Waals surface area contributed by atoms with Crippen molar-refractivity contribution in [1.82, 2.24) is 0 Å². The zero-order valence-corrected chi connectivity index (χ0v) is 19.6. The Morgan fingerprint density at radius 2 is 1.81 bits per heavy atom. The van der Waals surface area contributed by atoms with Gasteiger partial charge in [0, 0.05) is 4.88 Å². The Morgan fingerprint density at radius 1 is 1.13 bits per heavy atom. The van der Waals surface area contributed by atoms with Crippen LogP contribution < -0.4 is 5.32 Å². The number of anilines is 1. The van der Waals surface area contributed by atoms with Crippen molar-refractivity contribution in [2.45, 2.75) is 66.2 Å². The number of esters is 1. The van der Waals surface area contributed by atoms with Crippen LogP contribution in [0.5, 0.6) is 0 Å². The van der Waals surface area contributed by atoms with Crippen molar-refractivity contribution in [2.24, 2.45) is 35.0 Å². The number of ether oxygens (including phenoxy) is 1. The summed E-state index contributed by atoms with van der Waals surface area (Å²) in [4.78, 5) is 39.1. The number of carbonyl (C=O) groups excluding carboxylic acids is 2. The first-order chi connectivity index (χ1) is 14.6. The average molecular weight is 448 g/mol. The minimum absolute atomic E-state index is 0.0897. The number of aliphatic carboxylic acids is 1. The number of fused-ring (bicyclic) bond motifs is 3. The molecule has 170 valence electrons. The third-order valence-corrected chi connectivity index (χ3v) is 8.88. The maximum Gasteiger partial charge on any atom is 0.341 e. The van der Waals surface area contributed by atoms with E-state index in [1.807, 2.05) is 0 Å². The van der Waals surface area contributed by atoms with Gasteiger partial charge in [0.25, 0.3) is 0 Å². The lowest BCUT2D eigenvalue weighted by Gasteiger charge is -2.33. The zero-order valence-electron chi connectivity index (χ0n) is 18.8. The summed E-state index contributed by atoms with van der Waals surface area (Å²) < 4.78 is 5.33. The summed E-state index contributed by atoms with van der Waals surface area (Å²) in [5, 5.41) is 13.2. The van der Waals surface area contributed by atoms with Gasteiger partial charge in [-0.15, -0.1) is 11.3 Å². The minimum Gasteiger partial charge on any atom is -0.481 e. The van der Waals surface area contributed by atoms with E-state index < -0.39 is 23.8 Å². The Labute approximate surface area is 187 Å². The number of carboxylic acid groups (broad SMARTS) is 1. The summed E-state index contributed by atoms with van der Waals surface area (Å²) in [6, 6.07) is 0. The lowest BCUT2D eigenvalue weighted by Crippen LogP contribution is -2.38. The highest BCUT2D eigenvalue weighted by Crippen LogP contribution is 2.53. The van der Waals surface area contributed by atoms with Gasteiger partial charge in [0.15, 0.2) is 0 Å². The topological polar surface area (TPSA) is 92.7 Å².